The SMILES string of the molecule is CC(=O)NC(C)c1ccc2cc(Oc3ccc(OCC4CCCCC4)cc3C)ccc2c1. The van der Waals surface area contributed by atoms with Crippen LogP contribution >= 0.6 is 0 Å². The Balaban J connectivity index is 1.42. The number of carbonyl (C=O) groups excluding carboxylic acids is 1. The molecule has 0 spiro atoms. The van der Waals surface area contributed by atoms with Gasteiger partial charge in [0.15, 0.2) is 0 Å². The molecule has 0 bridgehead atoms. The third kappa shape index (κ3) is 5.61. The second-order valence-corrected chi connectivity index (χ2v) is 9.04. The minimum Gasteiger partial charge on any atom is -0.493 e. The van der Waals surface area contributed by atoms with Gasteiger partial charge in [-0.05, 0) is 90.9 Å². The minimum absolute atomic E-state index is 0.0191. The molecular formula is C28H33NO3. The van der Waals surface area contributed by atoms with Gasteiger partial charge >= 0.3 is 0 Å². The Morgan fingerprint density at radius 3 is 2.44 bits per heavy atom. The van der Waals surface area contributed by atoms with E-state index in [1.807, 2.05) is 25.1 Å². The van der Waals surface area contributed by atoms with Gasteiger partial charge in [-0.25, -0.2) is 0 Å². The van der Waals surface area contributed by atoms with Gasteiger partial charge in [0.05, 0.1) is 12.6 Å². The van der Waals surface area contributed by atoms with Gasteiger partial charge in [0.1, 0.15) is 17.2 Å². The maximum atomic E-state index is 11.3. The van der Waals surface area contributed by atoms with Gasteiger partial charge in [-0.3, -0.25) is 4.79 Å². The van der Waals surface area contributed by atoms with E-state index in [0.29, 0.717) is 5.92 Å². The summed E-state index contributed by atoms with van der Waals surface area (Å²) in [5.74, 6) is 3.23. The van der Waals surface area contributed by atoms with Crippen LogP contribution < -0.4 is 14.8 Å². The largest absolute Gasteiger partial charge is 0.493 e. The first-order valence-electron chi connectivity index (χ1n) is 11.7. The summed E-state index contributed by atoms with van der Waals surface area (Å²) in [6, 6.07) is 18.4. The first-order chi connectivity index (χ1) is 15.5. The summed E-state index contributed by atoms with van der Waals surface area (Å²) in [6.07, 6.45) is 6.61. The highest BCUT2D eigenvalue weighted by atomic mass is 16.5. The van der Waals surface area contributed by atoms with E-state index >= 15 is 0 Å². The Bertz CT molecular complexity index is 1090. The molecule has 1 atom stereocenters. The predicted molar refractivity (Wildman–Crippen MR) is 130 cm³/mol. The summed E-state index contributed by atoms with van der Waals surface area (Å²) in [4.78, 5) is 11.3. The lowest BCUT2D eigenvalue weighted by Crippen LogP contribution is -2.23. The van der Waals surface area contributed by atoms with E-state index in [-0.39, 0.29) is 11.9 Å². The topological polar surface area (TPSA) is 47.6 Å². The molecule has 0 aromatic heterocycles. The van der Waals surface area contributed by atoms with E-state index in [1.54, 1.807) is 6.92 Å². The fourth-order valence-corrected chi connectivity index (χ4v) is 4.48. The van der Waals surface area contributed by atoms with Gasteiger partial charge in [0, 0.05) is 6.92 Å². The number of aryl methyl sites for hydroxylation is 1. The molecule has 0 radical (unpaired) electrons. The normalized spacial score (nSPS) is 15.3. The van der Waals surface area contributed by atoms with Gasteiger partial charge < -0.3 is 14.8 Å². The van der Waals surface area contributed by atoms with Crippen LogP contribution in [-0.2, 0) is 4.79 Å². The number of fused-ring (bicyclic) bond motifs is 1. The van der Waals surface area contributed by atoms with E-state index in [0.717, 1.165) is 45.8 Å². The maximum absolute atomic E-state index is 11.3. The molecule has 0 saturated heterocycles. The van der Waals surface area contributed by atoms with Crippen LogP contribution in [0.2, 0.25) is 0 Å². The first-order valence-corrected chi connectivity index (χ1v) is 11.7. The molecule has 4 rings (SSSR count). The molecule has 0 aliphatic heterocycles. The molecule has 3 aromatic carbocycles. The number of amides is 1. The minimum atomic E-state index is -0.0258. The summed E-state index contributed by atoms with van der Waals surface area (Å²) >= 11 is 0. The van der Waals surface area contributed by atoms with E-state index in [9.17, 15) is 4.79 Å². The number of rotatable bonds is 7. The fraction of sp³-hybridized carbons (Fsp3) is 0.393. The molecule has 0 heterocycles. The Morgan fingerprint density at radius 1 is 0.969 bits per heavy atom. The average molecular weight is 432 g/mol. The molecule has 1 amide bonds. The maximum Gasteiger partial charge on any atom is 0.217 e. The van der Waals surface area contributed by atoms with Crippen molar-refractivity contribution in [3.8, 4) is 17.2 Å². The zero-order chi connectivity index (χ0) is 22.5. The van der Waals surface area contributed by atoms with Crippen molar-refractivity contribution in [1.29, 1.82) is 0 Å². The van der Waals surface area contributed by atoms with Crippen LogP contribution in [0.1, 0.15) is 63.1 Å². The third-order valence-electron chi connectivity index (χ3n) is 6.34. The van der Waals surface area contributed by atoms with Crippen LogP contribution in [0.15, 0.2) is 54.6 Å². The number of carbonyl (C=O) groups is 1. The van der Waals surface area contributed by atoms with Crippen molar-refractivity contribution in [3.05, 3.63) is 65.7 Å². The van der Waals surface area contributed by atoms with Crippen molar-refractivity contribution in [2.45, 2.75) is 58.9 Å². The lowest BCUT2D eigenvalue weighted by atomic mass is 9.90. The Morgan fingerprint density at radius 2 is 1.69 bits per heavy atom. The summed E-state index contributed by atoms with van der Waals surface area (Å²) in [7, 11) is 0. The van der Waals surface area contributed by atoms with E-state index < -0.39 is 0 Å². The number of hydrogen-bond donors (Lipinski definition) is 1. The lowest BCUT2D eigenvalue weighted by Gasteiger charge is -2.22. The van der Waals surface area contributed by atoms with Gasteiger partial charge in [-0.2, -0.15) is 0 Å². The number of nitrogens with one attached hydrogen (secondary N) is 1. The van der Waals surface area contributed by atoms with Crippen LogP contribution in [-0.4, -0.2) is 12.5 Å². The second-order valence-electron chi connectivity index (χ2n) is 9.04. The van der Waals surface area contributed by atoms with Crippen LogP contribution in [0.25, 0.3) is 10.8 Å². The molecule has 32 heavy (non-hydrogen) atoms. The molecule has 4 heteroatoms. The van der Waals surface area contributed by atoms with Crippen LogP contribution in [0.3, 0.4) is 0 Å². The van der Waals surface area contributed by atoms with E-state index in [4.69, 9.17) is 9.47 Å². The first kappa shape index (κ1) is 22.2. The molecule has 4 nitrogen and oxygen atoms in total. The summed E-state index contributed by atoms with van der Waals surface area (Å²) < 4.78 is 12.2. The number of ether oxygens (including phenoxy) is 2. The standard InChI is InChI=1S/C28H33NO3/c1-19-15-26(31-18-22-7-5-4-6-8-22)13-14-28(19)32-27-12-11-24-16-23(9-10-25(24)17-27)20(2)29-21(3)30/h9-17,20,22H,4-8,18H2,1-3H3,(H,29,30). The monoisotopic (exact) mass is 431 g/mol. The van der Waals surface area contributed by atoms with Crippen molar-refractivity contribution in [3.63, 3.8) is 0 Å². The van der Waals surface area contributed by atoms with Gasteiger partial charge in [-0.15, -0.1) is 0 Å². The molecule has 1 N–H and O–H groups in total. The molecule has 3 aromatic rings. The Hall–Kier alpha value is -3.01. The molecule has 1 aliphatic carbocycles. The van der Waals surface area contributed by atoms with Crippen LogP contribution in [0.4, 0.5) is 0 Å². The highest BCUT2D eigenvalue weighted by Gasteiger charge is 2.14. The molecule has 1 fully saturated rings. The average Bonchev–Trinajstić information content (AvgIpc) is 2.79. The van der Waals surface area contributed by atoms with Gasteiger partial charge in [0.2, 0.25) is 5.91 Å². The number of benzene rings is 3. The van der Waals surface area contributed by atoms with Crippen LogP contribution in [0, 0.1) is 12.8 Å². The van der Waals surface area contributed by atoms with Crippen molar-refractivity contribution in [2.75, 3.05) is 6.61 Å². The molecule has 1 aliphatic rings. The predicted octanol–water partition coefficient (Wildman–Crippen LogP) is 7.10. The molecule has 168 valence electrons. The Kier molecular flexibility index (Phi) is 6.99. The second kappa shape index (κ2) is 10.1. The van der Waals surface area contributed by atoms with Crippen molar-refractivity contribution < 1.29 is 14.3 Å². The highest BCUT2D eigenvalue weighted by Crippen LogP contribution is 2.32. The van der Waals surface area contributed by atoms with Crippen molar-refractivity contribution >= 4 is 16.7 Å². The molecule has 1 unspecified atom stereocenters. The fourth-order valence-electron chi connectivity index (χ4n) is 4.48. The zero-order valence-corrected chi connectivity index (χ0v) is 19.3. The van der Waals surface area contributed by atoms with E-state index in [2.05, 4.69) is 48.6 Å². The molecular weight excluding hydrogens is 398 g/mol. The van der Waals surface area contributed by atoms with Crippen molar-refractivity contribution in [1.82, 2.24) is 5.32 Å². The number of hydrogen-bond acceptors (Lipinski definition) is 3. The van der Waals surface area contributed by atoms with Gasteiger partial charge in [-0.1, -0.05) is 37.5 Å². The van der Waals surface area contributed by atoms with Crippen LogP contribution in [0.5, 0.6) is 17.2 Å². The van der Waals surface area contributed by atoms with Crippen molar-refractivity contribution in [2.24, 2.45) is 5.92 Å². The summed E-state index contributed by atoms with van der Waals surface area (Å²) in [5.41, 5.74) is 2.15. The lowest BCUT2D eigenvalue weighted by molar-refractivity contribution is -0.119. The smallest absolute Gasteiger partial charge is 0.217 e. The highest BCUT2D eigenvalue weighted by molar-refractivity contribution is 5.85. The zero-order valence-electron chi connectivity index (χ0n) is 19.3. The summed E-state index contributed by atoms with van der Waals surface area (Å²) in [5, 5.41) is 5.16. The van der Waals surface area contributed by atoms with E-state index in [1.165, 1.54) is 32.1 Å². The van der Waals surface area contributed by atoms with Gasteiger partial charge in [0.25, 0.3) is 0 Å². The Labute approximate surface area is 190 Å². The third-order valence-corrected chi connectivity index (χ3v) is 6.34. The summed E-state index contributed by atoms with van der Waals surface area (Å²) in [6.45, 7) is 6.40. The quantitative estimate of drug-likeness (QED) is 0.434. The molecule has 1 saturated carbocycles.